The van der Waals surface area contributed by atoms with Gasteiger partial charge in [0.15, 0.2) is 0 Å². The maximum absolute atomic E-state index is 11.5. The van der Waals surface area contributed by atoms with Crippen LogP contribution >= 0.6 is 0 Å². The normalized spacial score (nSPS) is 10.8. The van der Waals surface area contributed by atoms with E-state index in [2.05, 4.69) is 6.92 Å². The van der Waals surface area contributed by atoms with Crippen LogP contribution in [-0.4, -0.2) is 24.3 Å². The van der Waals surface area contributed by atoms with Crippen molar-refractivity contribution in [1.29, 1.82) is 0 Å². The van der Waals surface area contributed by atoms with Crippen molar-refractivity contribution in [2.45, 2.75) is 96.8 Å². The summed E-state index contributed by atoms with van der Waals surface area (Å²) in [5, 5.41) is 8.65. The summed E-state index contributed by atoms with van der Waals surface area (Å²) >= 11 is 0. The largest absolute Gasteiger partial charge is 0.466 e. The standard InChI is InChI=1S/C18H36O3/c1-2-3-4-5-6-9-12-15-18(20)21-17-14-11-8-7-10-13-16-19/h19H,2-17H2,1H3. The quantitative estimate of drug-likeness (QED) is 0.322. The molecule has 3 nitrogen and oxygen atoms in total. The van der Waals surface area contributed by atoms with Crippen molar-refractivity contribution in [2.24, 2.45) is 0 Å². The molecule has 0 saturated carbocycles. The summed E-state index contributed by atoms with van der Waals surface area (Å²) in [6.45, 7) is 3.11. The molecule has 126 valence electrons. The second kappa shape index (κ2) is 17.5. The van der Waals surface area contributed by atoms with Gasteiger partial charge < -0.3 is 9.84 Å². The fourth-order valence-corrected chi connectivity index (χ4v) is 2.41. The number of aliphatic hydroxyl groups excluding tert-OH is 1. The van der Waals surface area contributed by atoms with Crippen molar-refractivity contribution in [3.8, 4) is 0 Å². The topological polar surface area (TPSA) is 46.5 Å². The highest BCUT2D eigenvalue weighted by Crippen LogP contribution is 2.09. The Morgan fingerprint density at radius 2 is 1.29 bits per heavy atom. The number of hydrogen-bond donors (Lipinski definition) is 1. The van der Waals surface area contributed by atoms with Crippen molar-refractivity contribution >= 4 is 5.97 Å². The molecule has 0 aliphatic carbocycles. The third-order valence-corrected chi connectivity index (χ3v) is 3.80. The molecule has 0 amide bonds. The van der Waals surface area contributed by atoms with E-state index in [1.165, 1.54) is 44.9 Å². The van der Waals surface area contributed by atoms with Gasteiger partial charge in [0.1, 0.15) is 0 Å². The van der Waals surface area contributed by atoms with Gasteiger partial charge in [0.05, 0.1) is 6.61 Å². The van der Waals surface area contributed by atoms with Gasteiger partial charge in [-0.25, -0.2) is 0 Å². The van der Waals surface area contributed by atoms with Gasteiger partial charge in [-0.1, -0.05) is 71.1 Å². The van der Waals surface area contributed by atoms with E-state index >= 15 is 0 Å². The van der Waals surface area contributed by atoms with Crippen LogP contribution in [0.1, 0.15) is 96.8 Å². The number of rotatable bonds is 16. The van der Waals surface area contributed by atoms with Crippen molar-refractivity contribution in [3.05, 3.63) is 0 Å². The second-order valence-electron chi connectivity index (χ2n) is 5.94. The molecular weight excluding hydrogens is 264 g/mol. The molecule has 0 rings (SSSR count). The van der Waals surface area contributed by atoms with E-state index in [-0.39, 0.29) is 5.97 Å². The van der Waals surface area contributed by atoms with Crippen LogP contribution in [0.4, 0.5) is 0 Å². The summed E-state index contributed by atoms with van der Waals surface area (Å²) in [4.78, 5) is 11.5. The SMILES string of the molecule is CCCCCCCCCC(=O)OCCCCCCCCO. The number of ether oxygens (including phenoxy) is 1. The lowest BCUT2D eigenvalue weighted by atomic mass is 10.1. The molecule has 0 unspecified atom stereocenters. The van der Waals surface area contributed by atoms with E-state index in [1.807, 2.05) is 0 Å². The third kappa shape index (κ3) is 17.4. The Kier molecular flexibility index (Phi) is 17.0. The van der Waals surface area contributed by atoms with Crippen LogP contribution in [0.3, 0.4) is 0 Å². The Morgan fingerprint density at radius 3 is 1.90 bits per heavy atom. The first-order valence-electron chi connectivity index (χ1n) is 9.07. The first-order valence-corrected chi connectivity index (χ1v) is 9.07. The summed E-state index contributed by atoms with van der Waals surface area (Å²) < 4.78 is 5.24. The number of unbranched alkanes of at least 4 members (excludes halogenated alkanes) is 11. The number of carbonyl (C=O) groups is 1. The van der Waals surface area contributed by atoms with Gasteiger partial charge in [0.25, 0.3) is 0 Å². The van der Waals surface area contributed by atoms with Crippen molar-refractivity contribution in [3.63, 3.8) is 0 Å². The van der Waals surface area contributed by atoms with E-state index in [4.69, 9.17) is 9.84 Å². The molecule has 0 heterocycles. The molecule has 0 saturated heterocycles. The lowest BCUT2D eigenvalue weighted by Crippen LogP contribution is -2.05. The Balaban J connectivity index is 3.13. The third-order valence-electron chi connectivity index (χ3n) is 3.80. The van der Waals surface area contributed by atoms with Gasteiger partial charge in [-0.2, -0.15) is 0 Å². The zero-order chi connectivity index (χ0) is 15.6. The van der Waals surface area contributed by atoms with Crippen LogP contribution < -0.4 is 0 Å². The maximum atomic E-state index is 11.5. The van der Waals surface area contributed by atoms with Gasteiger partial charge in [-0.15, -0.1) is 0 Å². The minimum atomic E-state index is -0.0242. The first kappa shape index (κ1) is 20.4. The van der Waals surface area contributed by atoms with Crippen LogP contribution in [0, 0.1) is 0 Å². The molecule has 3 heteroatoms. The van der Waals surface area contributed by atoms with Gasteiger partial charge in [-0.3, -0.25) is 4.79 Å². The maximum Gasteiger partial charge on any atom is 0.305 e. The van der Waals surface area contributed by atoms with E-state index in [1.54, 1.807) is 0 Å². The molecule has 0 aliphatic heterocycles. The summed E-state index contributed by atoms with van der Waals surface area (Å²) in [5.41, 5.74) is 0. The van der Waals surface area contributed by atoms with Gasteiger partial charge >= 0.3 is 5.97 Å². The van der Waals surface area contributed by atoms with Crippen LogP contribution in [0.15, 0.2) is 0 Å². The summed E-state index contributed by atoms with van der Waals surface area (Å²) in [6.07, 6.45) is 15.7. The average Bonchev–Trinajstić information content (AvgIpc) is 2.49. The molecule has 21 heavy (non-hydrogen) atoms. The van der Waals surface area contributed by atoms with Crippen LogP contribution in [0.5, 0.6) is 0 Å². The highest BCUT2D eigenvalue weighted by Gasteiger charge is 2.02. The number of aliphatic hydroxyl groups is 1. The highest BCUT2D eigenvalue weighted by molar-refractivity contribution is 5.69. The lowest BCUT2D eigenvalue weighted by molar-refractivity contribution is -0.143. The summed E-state index contributed by atoms with van der Waals surface area (Å²) in [7, 11) is 0. The van der Waals surface area contributed by atoms with Crippen LogP contribution in [0.2, 0.25) is 0 Å². The Bertz CT molecular complexity index is 217. The lowest BCUT2D eigenvalue weighted by Gasteiger charge is -2.05. The van der Waals surface area contributed by atoms with Crippen molar-refractivity contribution < 1.29 is 14.6 Å². The highest BCUT2D eigenvalue weighted by atomic mass is 16.5. The van der Waals surface area contributed by atoms with Gasteiger partial charge in [-0.05, 0) is 19.3 Å². The molecule has 0 aliphatic rings. The molecule has 1 N–H and O–H groups in total. The number of hydrogen-bond acceptors (Lipinski definition) is 3. The van der Waals surface area contributed by atoms with Crippen LogP contribution in [0.25, 0.3) is 0 Å². The van der Waals surface area contributed by atoms with Crippen LogP contribution in [-0.2, 0) is 9.53 Å². The smallest absolute Gasteiger partial charge is 0.305 e. The molecular formula is C18H36O3. The number of esters is 1. The zero-order valence-corrected chi connectivity index (χ0v) is 14.1. The van der Waals surface area contributed by atoms with E-state index < -0.39 is 0 Å². The van der Waals surface area contributed by atoms with Crippen molar-refractivity contribution in [1.82, 2.24) is 0 Å². The molecule has 0 atom stereocenters. The van der Waals surface area contributed by atoms with E-state index in [0.29, 0.717) is 19.6 Å². The zero-order valence-electron chi connectivity index (χ0n) is 14.1. The minimum Gasteiger partial charge on any atom is -0.466 e. The molecule has 0 spiro atoms. The molecule has 0 aromatic carbocycles. The average molecular weight is 300 g/mol. The molecule has 0 aromatic rings. The Labute approximate surface area is 131 Å². The molecule has 0 fully saturated rings. The first-order chi connectivity index (χ1) is 10.3. The summed E-state index contributed by atoms with van der Waals surface area (Å²) in [5.74, 6) is -0.0242. The van der Waals surface area contributed by atoms with Gasteiger partial charge in [0.2, 0.25) is 0 Å². The summed E-state index contributed by atoms with van der Waals surface area (Å²) in [6, 6.07) is 0. The molecule has 0 bridgehead atoms. The van der Waals surface area contributed by atoms with Gasteiger partial charge in [0, 0.05) is 13.0 Å². The Morgan fingerprint density at radius 1 is 0.762 bits per heavy atom. The van der Waals surface area contributed by atoms with E-state index in [0.717, 1.165) is 38.5 Å². The fraction of sp³-hybridized carbons (Fsp3) is 0.944. The Hall–Kier alpha value is -0.570. The predicted octanol–water partition coefficient (Wildman–Crippen LogP) is 5.00. The monoisotopic (exact) mass is 300 g/mol. The predicted molar refractivity (Wildman–Crippen MR) is 88.4 cm³/mol. The molecule has 0 aromatic heterocycles. The minimum absolute atomic E-state index is 0.0242. The van der Waals surface area contributed by atoms with Crippen molar-refractivity contribution in [2.75, 3.05) is 13.2 Å². The second-order valence-corrected chi connectivity index (χ2v) is 5.94. The van der Waals surface area contributed by atoms with E-state index in [9.17, 15) is 4.79 Å². The number of carbonyl (C=O) groups excluding carboxylic acids is 1. The fourth-order valence-electron chi connectivity index (χ4n) is 2.41. The molecule has 0 radical (unpaired) electrons.